The molecule has 0 amide bonds. The zero-order valence-corrected chi connectivity index (χ0v) is 24.2. The molecule has 0 saturated carbocycles. The van der Waals surface area contributed by atoms with E-state index in [-0.39, 0.29) is 18.2 Å². The second kappa shape index (κ2) is 13.5. The van der Waals surface area contributed by atoms with Crippen molar-refractivity contribution in [3.05, 3.63) is 46.8 Å². The third-order valence-electron chi connectivity index (χ3n) is 7.93. The van der Waals surface area contributed by atoms with E-state index >= 15 is 0 Å². The predicted octanol–water partition coefficient (Wildman–Crippen LogP) is 1.87. The molecule has 1 atom stereocenters. The van der Waals surface area contributed by atoms with Crippen LogP contribution in [0, 0.1) is 0 Å². The fourth-order valence-corrected chi connectivity index (χ4v) is 6.00. The van der Waals surface area contributed by atoms with E-state index in [2.05, 4.69) is 48.5 Å². The topological polar surface area (TPSA) is 152 Å². The maximum Gasteiger partial charge on any atom is 0.172 e. The van der Waals surface area contributed by atoms with Crippen LogP contribution in [0.3, 0.4) is 0 Å². The maximum absolute atomic E-state index is 9.93. The van der Waals surface area contributed by atoms with Gasteiger partial charge in [0, 0.05) is 57.4 Å². The SMILES string of the molecule is C=C(NCCO)c1nc(Cl)c(N2CCN(C3CCN(Cc4ccc(O)cc4C(N)=NC)CC3)[C@@H](CC)C2)nc1N. The molecular formula is C28H42ClN9O2. The highest BCUT2D eigenvalue weighted by atomic mass is 35.5. The largest absolute Gasteiger partial charge is 0.508 e. The molecule has 0 radical (unpaired) electrons. The van der Waals surface area contributed by atoms with Gasteiger partial charge in [0.25, 0.3) is 0 Å². The third-order valence-corrected chi connectivity index (χ3v) is 8.18. The Morgan fingerprint density at radius 1 is 1.23 bits per heavy atom. The van der Waals surface area contributed by atoms with Crippen molar-refractivity contribution >= 4 is 34.8 Å². The van der Waals surface area contributed by atoms with Gasteiger partial charge in [-0.3, -0.25) is 14.8 Å². The lowest BCUT2D eigenvalue weighted by atomic mass is 9.97. The number of aromatic hydroxyl groups is 1. The highest BCUT2D eigenvalue weighted by Gasteiger charge is 2.34. The number of likely N-dealkylation sites (tertiary alicyclic amines) is 1. The van der Waals surface area contributed by atoms with Crippen molar-refractivity contribution in [2.75, 3.05) is 63.6 Å². The predicted molar refractivity (Wildman–Crippen MR) is 162 cm³/mol. The highest BCUT2D eigenvalue weighted by Crippen LogP contribution is 2.31. The van der Waals surface area contributed by atoms with Crippen molar-refractivity contribution in [3.63, 3.8) is 0 Å². The maximum atomic E-state index is 9.93. The standard InChI is InChI=1S/C28H42ClN9O2/c1-4-20-17-37(28-25(29)34-24(27(31)35-28)18(2)33-9-14-39)12-13-38(20)21-7-10-36(11-8-21)16-19-5-6-22(40)15-23(19)26(30)32-3/h5-6,15,20-21,33,39-40H,2,4,7-14,16-17H2,1,3H3,(H2,30,32)(H2,31,35)/t20-/m0/s1. The monoisotopic (exact) mass is 571 g/mol. The molecule has 1 aromatic heterocycles. The Morgan fingerprint density at radius 3 is 2.65 bits per heavy atom. The normalized spacial score (nSPS) is 19.6. The van der Waals surface area contributed by atoms with Gasteiger partial charge in [-0.25, -0.2) is 9.97 Å². The number of phenolic OH excluding ortho intramolecular Hbond substituents is 1. The second-order valence-electron chi connectivity index (χ2n) is 10.4. The number of anilines is 2. The van der Waals surface area contributed by atoms with Gasteiger partial charge in [0.15, 0.2) is 16.8 Å². The van der Waals surface area contributed by atoms with Gasteiger partial charge < -0.3 is 31.9 Å². The first-order valence-electron chi connectivity index (χ1n) is 13.9. The number of piperidine rings is 1. The van der Waals surface area contributed by atoms with Gasteiger partial charge >= 0.3 is 0 Å². The van der Waals surface area contributed by atoms with Gasteiger partial charge in [0.1, 0.15) is 17.3 Å². The Hall–Kier alpha value is -3.12. The molecule has 3 heterocycles. The number of nitrogens with two attached hydrogens (primary N) is 2. The van der Waals surface area contributed by atoms with Gasteiger partial charge in [-0.15, -0.1) is 0 Å². The number of benzene rings is 1. The molecule has 7 N–H and O–H groups in total. The number of aliphatic hydroxyl groups is 1. The number of hydrogen-bond donors (Lipinski definition) is 5. The van der Waals surface area contributed by atoms with Crippen LogP contribution in [0.4, 0.5) is 11.6 Å². The van der Waals surface area contributed by atoms with E-state index in [4.69, 9.17) is 28.2 Å². The van der Waals surface area contributed by atoms with E-state index in [0.717, 1.165) is 69.7 Å². The quantitative estimate of drug-likeness (QED) is 0.211. The lowest BCUT2D eigenvalue weighted by Gasteiger charge is -2.47. The van der Waals surface area contributed by atoms with Gasteiger partial charge in [-0.2, -0.15) is 0 Å². The molecule has 0 aliphatic carbocycles. The number of piperazine rings is 1. The molecule has 0 unspecified atom stereocenters. The van der Waals surface area contributed by atoms with Crippen molar-refractivity contribution in [2.24, 2.45) is 10.7 Å². The average molecular weight is 572 g/mol. The number of phenols is 1. The first-order chi connectivity index (χ1) is 19.2. The molecule has 4 rings (SSSR count). The molecule has 0 spiro atoms. The summed E-state index contributed by atoms with van der Waals surface area (Å²) < 4.78 is 0. The van der Waals surface area contributed by atoms with E-state index in [0.29, 0.717) is 46.8 Å². The van der Waals surface area contributed by atoms with Crippen molar-refractivity contribution < 1.29 is 10.2 Å². The fourth-order valence-electron chi connectivity index (χ4n) is 5.75. The van der Waals surface area contributed by atoms with E-state index in [1.54, 1.807) is 19.2 Å². The van der Waals surface area contributed by atoms with Crippen LogP contribution < -0.4 is 21.7 Å². The van der Waals surface area contributed by atoms with Crippen molar-refractivity contribution in [1.82, 2.24) is 25.1 Å². The Morgan fingerprint density at radius 2 is 1.98 bits per heavy atom. The number of hydrogen-bond acceptors (Lipinski definition) is 10. The number of nitrogen functional groups attached to an aromatic ring is 1. The van der Waals surface area contributed by atoms with E-state index < -0.39 is 0 Å². The van der Waals surface area contributed by atoms with E-state index in [1.807, 2.05) is 6.07 Å². The summed E-state index contributed by atoms with van der Waals surface area (Å²) in [5, 5.41) is 22.3. The van der Waals surface area contributed by atoms with Crippen LogP contribution in [0.2, 0.25) is 5.15 Å². The molecule has 218 valence electrons. The highest BCUT2D eigenvalue weighted by molar-refractivity contribution is 6.31. The number of halogens is 1. The molecule has 40 heavy (non-hydrogen) atoms. The molecule has 2 aromatic rings. The molecule has 11 nitrogen and oxygen atoms in total. The number of aliphatic imine (C=N–C) groups is 1. The van der Waals surface area contributed by atoms with Gasteiger partial charge in [-0.05, 0) is 50.0 Å². The van der Waals surface area contributed by atoms with E-state index in [9.17, 15) is 5.11 Å². The Labute approximate surface area is 241 Å². The third kappa shape index (κ3) is 6.77. The smallest absolute Gasteiger partial charge is 0.172 e. The summed E-state index contributed by atoms with van der Waals surface area (Å²) in [5.41, 5.74) is 15.1. The number of aliphatic hydroxyl groups excluding tert-OH is 1. The summed E-state index contributed by atoms with van der Waals surface area (Å²) >= 11 is 6.58. The van der Waals surface area contributed by atoms with Crippen molar-refractivity contribution in [2.45, 2.75) is 44.8 Å². The number of nitrogens with zero attached hydrogens (tertiary/aromatic N) is 6. The lowest BCUT2D eigenvalue weighted by Crippen LogP contribution is -2.58. The second-order valence-corrected chi connectivity index (χ2v) is 10.8. The average Bonchev–Trinajstić information content (AvgIpc) is 2.97. The summed E-state index contributed by atoms with van der Waals surface area (Å²) in [6.45, 7) is 11.8. The van der Waals surface area contributed by atoms with Crippen LogP contribution in [0.5, 0.6) is 5.75 Å². The first kappa shape index (κ1) is 29.9. The minimum atomic E-state index is -0.0252. The molecule has 1 aromatic carbocycles. The molecule has 12 heteroatoms. The van der Waals surface area contributed by atoms with Crippen LogP contribution in [-0.2, 0) is 6.54 Å². The number of rotatable bonds is 10. The summed E-state index contributed by atoms with van der Waals surface area (Å²) in [6.07, 6.45) is 3.20. The van der Waals surface area contributed by atoms with E-state index in [1.165, 1.54) is 0 Å². The van der Waals surface area contributed by atoms with Crippen molar-refractivity contribution in [3.8, 4) is 5.75 Å². The number of amidine groups is 1. The van der Waals surface area contributed by atoms with Crippen LogP contribution >= 0.6 is 11.6 Å². The zero-order chi connectivity index (χ0) is 28.8. The first-order valence-corrected chi connectivity index (χ1v) is 14.3. The van der Waals surface area contributed by atoms with Crippen LogP contribution in [0.25, 0.3) is 5.70 Å². The molecule has 2 fully saturated rings. The van der Waals surface area contributed by atoms with Crippen molar-refractivity contribution in [1.29, 1.82) is 0 Å². The zero-order valence-electron chi connectivity index (χ0n) is 23.5. The minimum absolute atomic E-state index is 0.0252. The van der Waals surface area contributed by atoms with Crippen LogP contribution in [0.15, 0.2) is 29.8 Å². The Bertz CT molecular complexity index is 1220. The van der Waals surface area contributed by atoms with Crippen LogP contribution in [-0.4, -0.2) is 101 Å². The molecule has 2 aliphatic heterocycles. The molecule has 0 bridgehead atoms. The summed E-state index contributed by atoms with van der Waals surface area (Å²) in [7, 11) is 1.67. The van der Waals surface area contributed by atoms with Gasteiger partial charge in [-0.1, -0.05) is 31.2 Å². The van der Waals surface area contributed by atoms with Gasteiger partial charge in [0.2, 0.25) is 0 Å². The summed E-state index contributed by atoms with van der Waals surface area (Å²) in [4.78, 5) is 20.5. The Balaban J connectivity index is 1.37. The lowest BCUT2D eigenvalue weighted by molar-refractivity contribution is 0.0610. The molecule has 2 aliphatic rings. The summed E-state index contributed by atoms with van der Waals surface area (Å²) in [6, 6.07) is 6.23. The Kier molecular flexibility index (Phi) is 10.1. The van der Waals surface area contributed by atoms with Crippen LogP contribution in [0.1, 0.15) is 43.0 Å². The number of nitrogens with one attached hydrogen (secondary N) is 1. The van der Waals surface area contributed by atoms with Gasteiger partial charge in [0.05, 0.1) is 12.3 Å². The molecule has 2 saturated heterocycles. The fraction of sp³-hybridized carbons (Fsp3) is 0.536. The number of aromatic nitrogens is 2. The summed E-state index contributed by atoms with van der Waals surface area (Å²) in [5.74, 6) is 1.50. The minimum Gasteiger partial charge on any atom is -0.508 e. The molecular weight excluding hydrogens is 530 g/mol.